The number of benzene rings is 2. The Kier molecular flexibility index (Phi) is 4.34. The highest BCUT2D eigenvalue weighted by Gasteiger charge is 2.08. The van der Waals surface area contributed by atoms with Gasteiger partial charge < -0.3 is 14.8 Å². The maximum atomic E-state index is 5.32. The highest BCUT2D eigenvalue weighted by Crippen LogP contribution is 2.31. The van der Waals surface area contributed by atoms with E-state index in [9.17, 15) is 0 Å². The van der Waals surface area contributed by atoms with Gasteiger partial charge in [0.15, 0.2) is 11.5 Å². The predicted molar refractivity (Wildman–Crippen MR) is 94.8 cm³/mol. The number of methoxy groups -OCH3 is 2. The van der Waals surface area contributed by atoms with E-state index >= 15 is 0 Å². The van der Waals surface area contributed by atoms with Crippen molar-refractivity contribution in [2.45, 2.75) is 6.92 Å². The number of aryl methyl sites for hydroxylation is 1. The number of ether oxygens (including phenoxy) is 2. The third kappa shape index (κ3) is 3.22. The molecule has 3 aromatic rings. The van der Waals surface area contributed by atoms with Crippen LogP contribution in [0.3, 0.4) is 0 Å². The first kappa shape index (κ1) is 15.6. The van der Waals surface area contributed by atoms with Gasteiger partial charge in [0.2, 0.25) is 5.95 Å². The van der Waals surface area contributed by atoms with Crippen LogP contribution in [0.4, 0.5) is 11.6 Å². The molecule has 2 aromatic carbocycles. The van der Waals surface area contributed by atoms with Crippen LogP contribution in [0.5, 0.6) is 11.5 Å². The number of aromatic nitrogens is 2. The van der Waals surface area contributed by atoms with Gasteiger partial charge in [0.05, 0.1) is 19.7 Å². The van der Waals surface area contributed by atoms with Crippen LogP contribution in [0.25, 0.3) is 10.9 Å². The molecule has 0 aliphatic heterocycles. The van der Waals surface area contributed by atoms with E-state index in [0.717, 1.165) is 21.1 Å². The zero-order chi connectivity index (χ0) is 16.4. The van der Waals surface area contributed by atoms with Crippen molar-refractivity contribution in [1.29, 1.82) is 0 Å². The topological polar surface area (TPSA) is 56.3 Å². The predicted octanol–water partition coefficient (Wildman–Crippen LogP) is 4.46. The Bertz CT molecular complexity index is 868. The summed E-state index contributed by atoms with van der Waals surface area (Å²) in [4.78, 5) is 8.88. The molecule has 23 heavy (non-hydrogen) atoms. The Hall–Kier alpha value is -2.34. The molecule has 118 valence electrons. The summed E-state index contributed by atoms with van der Waals surface area (Å²) < 4.78 is 11.6. The highest BCUT2D eigenvalue weighted by molar-refractivity contribution is 9.10. The molecule has 0 bridgehead atoms. The third-order valence-corrected chi connectivity index (χ3v) is 4.37. The maximum absolute atomic E-state index is 5.32. The lowest BCUT2D eigenvalue weighted by Gasteiger charge is -2.10. The molecule has 5 nitrogen and oxygen atoms in total. The van der Waals surface area contributed by atoms with Crippen molar-refractivity contribution in [3.05, 3.63) is 46.6 Å². The second-order valence-electron chi connectivity index (χ2n) is 5.05. The first-order valence-corrected chi connectivity index (χ1v) is 7.82. The number of nitrogens with zero attached hydrogens (tertiary/aromatic N) is 2. The molecular formula is C17H16BrN3O2. The first-order chi connectivity index (χ1) is 11.1. The first-order valence-electron chi connectivity index (χ1n) is 7.02. The summed E-state index contributed by atoms with van der Waals surface area (Å²) >= 11 is 3.52. The highest BCUT2D eigenvalue weighted by atomic mass is 79.9. The van der Waals surface area contributed by atoms with Crippen molar-refractivity contribution in [1.82, 2.24) is 9.97 Å². The maximum Gasteiger partial charge on any atom is 0.227 e. The summed E-state index contributed by atoms with van der Waals surface area (Å²) in [6, 6.07) is 9.72. The van der Waals surface area contributed by atoms with Gasteiger partial charge in [0.25, 0.3) is 0 Å². The van der Waals surface area contributed by atoms with Gasteiger partial charge in [-0.05, 0) is 30.7 Å². The Morgan fingerprint density at radius 2 is 1.78 bits per heavy atom. The lowest BCUT2D eigenvalue weighted by molar-refractivity contribution is 0.356. The van der Waals surface area contributed by atoms with E-state index in [4.69, 9.17) is 9.47 Å². The van der Waals surface area contributed by atoms with Gasteiger partial charge in [-0.3, -0.25) is 0 Å². The van der Waals surface area contributed by atoms with E-state index in [1.165, 1.54) is 5.56 Å². The van der Waals surface area contributed by atoms with Crippen LogP contribution in [-0.2, 0) is 0 Å². The summed E-state index contributed by atoms with van der Waals surface area (Å²) in [6.45, 7) is 2.04. The second-order valence-corrected chi connectivity index (χ2v) is 5.90. The molecule has 0 aliphatic carbocycles. The molecule has 0 spiro atoms. The average molecular weight is 374 g/mol. The van der Waals surface area contributed by atoms with Crippen molar-refractivity contribution >= 4 is 38.5 Å². The van der Waals surface area contributed by atoms with Crippen LogP contribution in [0, 0.1) is 6.92 Å². The number of hydrogen-bond donors (Lipinski definition) is 1. The number of hydrogen-bond acceptors (Lipinski definition) is 5. The molecule has 1 aromatic heterocycles. The molecule has 0 aliphatic rings. The van der Waals surface area contributed by atoms with Crippen LogP contribution in [0.2, 0.25) is 0 Å². The zero-order valence-corrected chi connectivity index (χ0v) is 14.6. The molecule has 0 saturated carbocycles. The quantitative estimate of drug-likeness (QED) is 0.731. The monoisotopic (exact) mass is 373 g/mol. The second kappa shape index (κ2) is 6.42. The fourth-order valence-corrected chi connectivity index (χ4v) is 2.60. The number of nitrogens with one attached hydrogen (secondary N) is 1. The van der Waals surface area contributed by atoms with E-state index in [1.54, 1.807) is 20.4 Å². The van der Waals surface area contributed by atoms with Gasteiger partial charge in [-0.2, -0.15) is 0 Å². The van der Waals surface area contributed by atoms with E-state index < -0.39 is 0 Å². The van der Waals surface area contributed by atoms with Gasteiger partial charge in [-0.1, -0.05) is 22.0 Å². The Labute approximate surface area is 142 Å². The fraction of sp³-hybridized carbons (Fsp3) is 0.176. The molecule has 0 amide bonds. The smallest absolute Gasteiger partial charge is 0.227 e. The third-order valence-electron chi connectivity index (χ3n) is 3.51. The van der Waals surface area contributed by atoms with Crippen molar-refractivity contribution in [2.75, 3.05) is 19.5 Å². The number of anilines is 2. The van der Waals surface area contributed by atoms with Crippen molar-refractivity contribution in [3.8, 4) is 11.5 Å². The Morgan fingerprint density at radius 1 is 1.04 bits per heavy atom. The normalized spacial score (nSPS) is 10.6. The van der Waals surface area contributed by atoms with Crippen LogP contribution in [-0.4, -0.2) is 24.2 Å². The van der Waals surface area contributed by atoms with Gasteiger partial charge >= 0.3 is 0 Å². The van der Waals surface area contributed by atoms with Crippen molar-refractivity contribution < 1.29 is 9.47 Å². The van der Waals surface area contributed by atoms with E-state index in [2.05, 4.69) is 31.2 Å². The summed E-state index contributed by atoms with van der Waals surface area (Å²) in [5, 5.41) is 4.09. The lowest BCUT2D eigenvalue weighted by atomic mass is 10.2. The molecule has 1 N–H and O–H groups in total. The largest absolute Gasteiger partial charge is 0.493 e. The minimum atomic E-state index is 0.528. The summed E-state index contributed by atoms with van der Waals surface area (Å²) in [7, 11) is 3.21. The van der Waals surface area contributed by atoms with Gasteiger partial charge in [-0.15, -0.1) is 0 Å². The van der Waals surface area contributed by atoms with E-state index in [0.29, 0.717) is 17.4 Å². The van der Waals surface area contributed by atoms with Crippen molar-refractivity contribution in [2.24, 2.45) is 0 Å². The van der Waals surface area contributed by atoms with E-state index in [1.807, 2.05) is 37.3 Å². The van der Waals surface area contributed by atoms with Gasteiger partial charge in [0, 0.05) is 27.8 Å². The Morgan fingerprint density at radius 3 is 2.48 bits per heavy atom. The summed E-state index contributed by atoms with van der Waals surface area (Å²) in [6.07, 6.45) is 1.76. The van der Waals surface area contributed by atoms with Crippen LogP contribution < -0.4 is 14.8 Å². The Balaban J connectivity index is 1.97. The standard InChI is InChI=1S/C17H16BrN3O2/c1-10-4-5-12(7-13(10)18)20-17-19-9-11-6-15(22-2)16(23-3)8-14(11)21-17/h4-9H,1-3H3,(H,19,20,21). The van der Waals surface area contributed by atoms with Crippen LogP contribution >= 0.6 is 15.9 Å². The fourth-order valence-electron chi connectivity index (χ4n) is 2.22. The zero-order valence-electron chi connectivity index (χ0n) is 13.1. The number of halogens is 1. The number of fused-ring (bicyclic) bond motifs is 1. The minimum Gasteiger partial charge on any atom is -0.493 e. The van der Waals surface area contributed by atoms with E-state index in [-0.39, 0.29) is 0 Å². The molecular weight excluding hydrogens is 358 g/mol. The molecule has 0 atom stereocenters. The molecule has 0 saturated heterocycles. The summed E-state index contributed by atoms with van der Waals surface area (Å²) in [5.74, 6) is 1.83. The lowest BCUT2D eigenvalue weighted by Crippen LogP contribution is -1.98. The molecule has 0 unspecified atom stereocenters. The molecule has 0 fully saturated rings. The molecule has 0 radical (unpaired) electrons. The summed E-state index contributed by atoms with van der Waals surface area (Å²) in [5.41, 5.74) is 2.88. The minimum absolute atomic E-state index is 0.528. The van der Waals surface area contributed by atoms with Gasteiger partial charge in [0.1, 0.15) is 0 Å². The molecule has 3 rings (SSSR count). The number of rotatable bonds is 4. The van der Waals surface area contributed by atoms with Gasteiger partial charge in [-0.25, -0.2) is 9.97 Å². The van der Waals surface area contributed by atoms with Crippen molar-refractivity contribution in [3.63, 3.8) is 0 Å². The average Bonchev–Trinajstić information content (AvgIpc) is 2.56. The molecule has 6 heteroatoms. The molecule has 1 heterocycles. The van der Waals surface area contributed by atoms with Crippen LogP contribution in [0.15, 0.2) is 41.0 Å². The SMILES string of the molecule is COc1cc2cnc(Nc3ccc(C)c(Br)c3)nc2cc1OC. The van der Waals surface area contributed by atoms with Crippen LogP contribution in [0.1, 0.15) is 5.56 Å².